The second kappa shape index (κ2) is 8.39. The van der Waals surface area contributed by atoms with Crippen molar-refractivity contribution >= 4 is 11.8 Å². The van der Waals surface area contributed by atoms with Crippen molar-refractivity contribution in [3.8, 4) is 0 Å². The van der Waals surface area contributed by atoms with Gasteiger partial charge in [-0.05, 0) is 32.0 Å². The zero-order valence-corrected chi connectivity index (χ0v) is 16.1. The molecule has 0 saturated carbocycles. The second-order valence-electron chi connectivity index (χ2n) is 6.90. The Morgan fingerprint density at radius 2 is 2.19 bits per heavy atom. The van der Waals surface area contributed by atoms with Crippen molar-refractivity contribution in [2.45, 2.75) is 39.4 Å². The third-order valence-corrected chi connectivity index (χ3v) is 4.88. The fraction of sp³-hybridized carbons (Fsp3) is 0.526. The number of aromatic nitrogens is 3. The SMILES string of the molecule is COCCN1C(=O)c2cccn2CC1CNC(=O)CCn1nc(C)cc1C. The summed E-state index contributed by atoms with van der Waals surface area (Å²) < 4.78 is 8.93. The van der Waals surface area contributed by atoms with Gasteiger partial charge in [-0.1, -0.05) is 0 Å². The third-order valence-electron chi connectivity index (χ3n) is 4.88. The molecule has 0 spiro atoms. The molecule has 0 aromatic carbocycles. The minimum absolute atomic E-state index is 0.0230. The van der Waals surface area contributed by atoms with Gasteiger partial charge in [-0.2, -0.15) is 5.10 Å². The number of aryl methyl sites for hydroxylation is 3. The lowest BCUT2D eigenvalue weighted by Crippen LogP contribution is -2.53. The fourth-order valence-electron chi connectivity index (χ4n) is 3.48. The lowest BCUT2D eigenvalue weighted by Gasteiger charge is -2.36. The van der Waals surface area contributed by atoms with E-state index in [-0.39, 0.29) is 17.9 Å². The smallest absolute Gasteiger partial charge is 0.270 e. The van der Waals surface area contributed by atoms with E-state index in [2.05, 4.69) is 10.4 Å². The second-order valence-corrected chi connectivity index (χ2v) is 6.90. The molecule has 1 aliphatic heterocycles. The summed E-state index contributed by atoms with van der Waals surface area (Å²) >= 11 is 0. The molecule has 1 unspecified atom stereocenters. The van der Waals surface area contributed by atoms with Crippen LogP contribution in [-0.4, -0.2) is 63.9 Å². The molecule has 0 saturated heterocycles. The average molecular weight is 373 g/mol. The van der Waals surface area contributed by atoms with Gasteiger partial charge in [-0.15, -0.1) is 0 Å². The quantitative estimate of drug-likeness (QED) is 0.748. The van der Waals surface area contributed by atoms with Crippen LogP contribution in [0.5, 0.6) is 0 Å². The first-order valence-electron chi connectivity index (χ1n) is 9.22. The van der Waals surface area contributed by atoms with Crippen LogP contribution >= 0.6 is 0 Å². The number of nitrogens with zero attached hydrogens (tertiary/aromatic N) is 4. The van der Waals surface area contributed by atoms with Crippen molar-refractivity contribution < 1.29 is 14.3 Å². The van der Waals surface area contributed by atoms with Crippen LogP contribution in [0.1, 0.15) is 28.3 Å². The molecule has 27 heavy (non-hydrogen) atoms. The molecule has 0 radical (unpaired) electrons. The number of ether oxygens (including phenoxy) is 1. The maximum Gasteiger partial charge on any atom is 0.270 e. The van der Waals surface area contributed by atoms with Gasteiger partial charge in [0, 0.05) is 51.6 Å². The Hall–Kier alpha value is -2.61. The van der Waals surface area contributed by atoms with Crippen LogP contribution in [0.2, 0.25) is 0 Å². The summed E-state index contributed by atoms with van der Waals surface area (Å²) in [7, 11) is 1.62. The number of hydrogen-bond acceptors (Lipinski definition) is 4. The number of rotatable bonds is 8. The average Bonchev–Trinajstić information content (AvgIpc) is 3.23. The molecule has 1 atom stereocenters. The summed E-state index contributed by atoms with van der Waals surface area (Å²) in [6.07, 6.45) is 2.26. The first kappa shape index (κ1) is 19.2. The highest BCUT2D eigenvalue weighted by molar-refractivity contribution is 5.93. The van der Waals surface area contributed by atoms with Crippen LogP contribution in [0, 0.1) is 13.8 Å². The van der Waals surface area contributed by atoms with Gasteiger partial charge in [0.05, 0.1) is 18.3 Å². The van der Waals surface area contributed by atoms with Crippen molar-refractivity contribution in [2.75, 3.05) is 26.8 Å². The highest BCUT2D eigenvalue weighted by atomic mass is 16.5. The Labute approximate surface area is 159 Å². The molecule has 8 heteroatoms. The Bertz CT molecular complexity index is 810. The minimum Gasteiger partial charge on any atom is -0.383 e. The molecular weight excluding hydrogens is 346 g/mol. The van der Waals surface area contributed by atoms with E-state index in [1.165, 1.54) is 0 Å². The first-order valence-corrected chi connectivity index (χ1v) is 9.22. The summed E-state index contributed by atoms with van der Waals surface area (Å²) in [6, 6.07) is 5.60. The van der Waals surface area contributed by atoms with Crippen LogP contribution in [-0.2, 0) is 22.6 Å². The summed E-state index contributed by atoms with van der Waals surface area (Å²) in [4.78, 5) is 26.8. The van der Waals surface area contributed by atoms with Crippen molar-refractivity contribution in [1.82, 2.24) is 24.6 Å². The zero-order valence-electron chi connectivity index (χ0n) is 16.1. The molecule has 2 aromatic heterocycles. The van der Waals surface area contributed by atoms with Crippen LogP contribution < -0.4 is 5.32 Å². The van der Waals surface area contributed by atoms with Crippen LogP contribution in [0.3, 0.4) is 0 Å². The lowest BCUT2D eigenvalue weighted by atomic mass is 10.1. The Morgan fingerprint density at radius 1 is 1.37 bits per heavy atom. The maximum atomic E-state index is 12.7. The minimum atomic E-state index is -0.0924. The number of nitrogens with one attached hydrogen (secondary N) is 1. The summed E-state index contributed by atoms with van der Waals surface area (Å²) in [5.41, 5.74) is 2.67. The molecule has 3 rings (SSSR count). The highest BCUT2D eigenvalue weighted by Gasteiger charge is 2.31. The normalized spacial score (nSPS) is 16.5. The summed E-state index contributed by atoms with van der Waals surface area (Å²) in [5, 5.41) is 7.34. The fourth-order valence-corrected chi connectivity index (χ4v) is 3.48. The van der Waals surface area contributed by atoms with Gasteiger partial charge < -0.3 is 19.5 Å². The van der Waals surface area contributed by atoms with E-state index in [1.54, 1.807) is 12.0 Å². The van der Waals surface area contributed by atoms with Crippen LogP contribution in [0.15, 0.2) is 24.4 Å². The number of hydrogen-bond donors (Lipinski definition) is 1. The number of methoxy groups -OCH3 is 1. The van der Waals surface area contributed by atoms with Gasteiger partial charge in [0.2, 0.25) is 5.91 Å². The van der Waals surface area contributed by atoms with E-state index in [4.69, 9.17) is 4.74 Å². The Kier molecular flexibility index (Phi) is 5.95. The van der Waals surface area contributed by atoms with Gasteiger partial charge in [0.25, 0.3) is 5.91 Å². The highest BCUT2D eigenvalue weighted by Crippen LogP contribution is 2.18. The van der Waals surface area contributed by atoms with Crippen molar-refractivity contribution in [2.24, 2.45) is 0 Å². The van der Waals surface area contributed by atoms with Gasteiger partial charge in [0.15, 0.2) is 0 Å². The molecule has 2 aromatic rings. The molecule has 0 aliphatic carbocycles. The predicted molar refractivity (Wildman–Crippen MR) is 100 cm³/mol. The van der Waals surface area contributed by atoms with Gasteiger partial charge >= 0.3 is 0 Å². The lowest BCUT2D eigenvalue weighted by molar-refractivity contribution is -0.121. The van der Waals surface area contributed by atoms with E-state index < -0.39 is 0 Å². The van der Waals surface area contributed by atoms with E-state index in [0.29, 0.717) is 44.9 Å². The topological polar surface area (TPSA) is 81.4 Å². The number of amides is 2. The zero-order chi connectivity index (χ0) is 19.4. The molecule has 1 aliphatic rings. The van der Waals surface area contributed by atoms with Gasteiger partial charge in [0.1, 0.15) is 5.69 Å². The molecule has 0 bridgehead atoms. The standard InChI is InChI=1S/C19H27N5O3/c1-14-11-15(2)24(21-14)8-6-18(25)20-12-16-13-22-7-4-5-17(22)19(26)23(16)9-10-27-3/h4-5,7,11,16H,6,8-10,12-13H2,1-3H3,(H,20,25). The van der Waals surface area contributed by atoms with Crippen LogP contribution in [0.4, 0.5) is 0 Å². The van der Waals surface area contributed by atoms with E-state index in [1.807, 2.05) is 47.5 Å². The molecule has 146 valence electrons. The number of fused-ring (bicyclic) bond motifs is 1. The van der Waals surface area contributed by atoms with Crippen molar-refractivity contribution in [3.63, 3.8) is 0 Å². The van der Waals surface area contributed by atoms with E-state index in [9.17, 15) is 9.59 Å². The monoisotopic (exact) mass is 373 g/mol. The molecule has 3 heterocycles. The first-order chi connectivity index (χ1) is 13.0. The molecular formula is C19H27N5O3. The maximum absolute atomic E-state index is 12.7. The summed E-state index contributed by atoms with van der Waals surface area (Å²) in [5.74, 6) is -0.0646. The molecule has 2 amide bonds. The number of carbonyl (C=O) groups is 2. The van der Waals surface area contributed by atoms with E-state index >= 15 is 0 Å². The van der Waals surface area contributed by atoms with Gasteiger partial charge in [-0.25, -0.2) is 0 Å². The van der Waals surface area contributed by atoms with E-state index in [0.717, 1.165) is 11.4 Å². The predicted octanol–water partition coefficient (Wildman–Crippen LogP) is 0.979. The molecule has 0 fully saturated rings. The third kappa shape index (κ3) is 4.39. The molecule has 1 N–H and O–H groups in total. The van der Waals surface area contributed by atoms with Crippen molar-refractivity contribution in [1.29, 1.82) is 0 Å². The van der Waals surface area contributed by atoms with Crippen molar-refractivity contribution in [3.05, 3.63) is 41.5 Å². The Morgan fingerprint density at radius 3 is 2.89 bits per heavy atom. The number of carbonyl (C=O) groups excluding carboxylic acids is 2. The van der Waals surface area contributed by atoms with Gasteiger partial charge in [-0.3, -0.25) is 14.3 Å². The largest absolute Gasteiger partial charge is 0.383 e. The summed E-state index contributed by atoms with van der Waals surface area (Å²) in [6.45, 7) is 6.52. The van der Waals surface area contributed by atoms with Crippen LogP contribution in [0.25, 0.3) is 0 Å². The Balaban J connectivity index is 1.57. The molecule has 8 nitrogen and oxygen atoms in total.